The number of rotatable bonds is 1. The third-order valence-corrected chi connectivity index (χ3v) is 2.04. The van der Waals surface area contributed by atoms with Crippen LogP contribution in [-0.2, 0) is 10.1 Å². The minimum absolute atomic E-state index is 0. The zero-order valence-electron chi connectivity index (χ0n) is 6.43. The Balaban J connectivity index is 0.00000121. The van der Waals surface area contributed by atoms with Crippen LogP contribution in [0.4, 0.5) is 0 Å². The van der Waals surface area contributed by atoms with Gasteiger partial charge in [0.25, 0.3) is 10.1 Å². The summed E-state index contributed by atoms with van der Waals surface area (Å²) < 4.78 is 29.4. The fourth-order valence-electron chi connectivity index (χ4n) is 0.675. The van der Waals surface area contributed by atoms with Crippen molar-refractivity contribution < 1.29 is 18.1 Å². The first-order chi connectivity index (χ1) is 5.02. The van der Waals surface area contributed by atoms with Crippen molar-refractivity contribution in [2.24, 2.45) is 0 Å². The molecule has 0 aromatic heterocycles. The summed E-state index contributed by atoms with van der Waals surface area (Å²) in [5.41, 5.74) is 0. The van der Waals surface area contributed by atoms with Crippen molar-refractivity contribution in [2.45, 2.75) is 4.90 Å². The summed E-state index contributed by atoms with van der Waals surface area (Å²) in [7, 11) is -4.28. The number of hydrogen-bond acceptors (Lipinski definition) is 3. The smallest absolute Gasteiger partial charge is 0.298 e. The van der Waals surface area contributed by atoms with Crippen LogP contribution in [0.3, 0.4) is 0 Å². The Morgan fingerprint density at radius 1 is 1.17 bits per heavy atom. The summed E-state index contributed by atoms with van der Waals surface area (Å²) in [5, 5.41) is 8.91. The second-order valence-electron chi connectivity index (χ2n) is 1.94. The molecule has 1 rings (SSSR count). The summed E-state index contributed by atoms with van der Waals surface area (Å²) >= 11 is 0. The van der Waals surface area contributed by atoms with Crippen LogP contribution in [0, 0.1) is 0 Å². The van der Waals surface area contributed by atoms with Crippen LogP contribution in [0.1, 0.15) is 0 Å². The molecule has 0 saturated heterocycles. The zero-order chi connectivity index (χ0) is 8.48. The summed E-state index contributed by atoms with van der Waals surface area (Å²) in [5.74, 6) is -0.449. The van der Waals surface area contributed by atoms with Gasteiger partial charge in [-0.15, -0.1) is 0 Å². The van der Waals surface area contributed by atoms with Crippen LogP contribution in [0.2, 0.25) is 0 Å². The van der Waals surface area contributed by atoms with Gasteiger partial charge in [-0.2, -0.15) is 8.42 Å². The molecule has 0 saturated carbocycles. The van der Waals surface area contributed by atoms with Crippen molar-refractivity contribution in [2.75, 3.05) is 0 Å². The molecule has 61 valence electrons. The summed E-state index contributed by atoms with van der Waals surface area (Å²) in [4.78, 5) is -0.472. The van der Waals surface area contributed by atoms with Crippen LogP contribution in [0.5, 0.6) is 5.75 Å². The third kappa shape index (κ3) is 3.13. The molecule has 6 heteroatoms. The molecule has 0 spiro atoms. The minimum atomic E-state index is -4.28. The Bertz CT molecular complexity index is 360. The van der Waals surface area contributed by atoms with Crippen LogP contribution >= 0.6 is 0 Å². The van der Waals surface area contributed by atoms with E-state index < -0.39 is 20.8 Å². The Hall–Kier alpha value is 0.566. The monoisotopic (exact) mass is 213 g/mol. The Labute approximate surface area is 113 Å². The molecule has 0 heterocycles. The quantitative estimate of drug-likeness (QED) is 0.518. The summed E-state index contributed by atoms with van der Waals surface area (Å²) in [6.45, 7) is 0. The third-order valence-electron chi connectivity index (χ3n) is 1.14. The van der Waals surface area contributed by atoms with E-state index in [1.165, 1.54) is 18.2 Å². The molecular weight excluding hydrogens is 207 g/mol. The van der Waals surface area contributed by atoms with E-state index in [1.807, 2.05) is 0 Å². The first-order valence-corrected chi connectivity index (χ1v) is 4.21. The number of hydrogen-bond donors (Lipinski definition) is 2. The number of phenolic OH excluding ortho intramolecular Hbond substituents is 1. The first-order valence-electron chi connectivity index (χ1n) is 2.77. The number of benzene rings is 1. The van der Waals surface area contributed by atoms with Gasteiger partial charge in [0.2, 0.25) is 0 Å². The Morgan fingerprint density at radius 3 is 2.00 bits per heavy atom. The van der Waals surface area contributed by atoms with E-state index in [9.17, 15) is 8.42 Å². The number of phenols is 1. The second-order valence-corrected chi connectivity index (χ2v) is 3.33. The van der Waals surface area contributed by atoms with E-state index in [-0.39, 0.29) is 51.4 Å². The molecular formula is C6H6KO4S. The van der Waals surface area contributed by atoms with E-state index in [2.05, 4.69) is 0 Å². The van der Waals surface area contributed by atoms with E-state index in [0.29, 0.717) is 0 Å². The van der Waals surface area contributed by atoms with E-state index in [1.54, 1.807) is 0 Å². The van der Waals surface area contributed by atoms with Gasteiger partial charge in [0.1, 0.15) is 10.6 Å². The van der Waals surface area contributed by atoms with Crippen molar-refractivity contribution in [3.63, 3.8) is 0 Å². The molecule has 0 aliphatic rings. The molecule has 1 radical (unpaired) electrons. The molecule has 2 N–H and O–H groups in total. The molecule has 0 aliphatic carbocycles. The molecule has 0 unspecified atom stereocenters. The van der Waals surface area contributed by atoms with Crippen molar-refractivity contribution >= 4 is 61.5 Å². The fourth-order valence-corrected chi connectivity index (χ4v) is 1.26. The standard InChI is InChI=1S/C6H6O4S.K/c7-5-3-1-2-4-6(5)11(8,9)10;/h1-4,7H,(H,8,9,10);. The van der Waals surface area contributed by atoms with Gasteiger partial charge in [0, 0.05) is 51.4 Å². The second kappa shape index (κ2) is 4.71. The molecule has 0 fully saturated rings. The Morgan fingerprint density at radius 2 is 1.67 bits per heavy atom. The topological polar surface area (TPSA) is 74.6 Å². The first kappa shape index (κ1) is 12.6. The maximum atomic E-state index is 10.4. The average Bonchev–Trinajstić information content (AvgIpc) is 1.86. The zero-order valence-corrected chi connectivity index (χ0v) is 10.4. The van der Waals surface area contributed by atoms with Gasteiger partial charge in [-0.05, 0) is 12.1 Å². The fraction of sp³-hybridized carbons (Fsp3) is 0. The van der Waals surface area contributed by atoms with Crippen molar-refractivity contribution in [1.82, 2.24) is 0 Å². The number of aromatic hydroxyl groups is 1. The maximum absolute atomic E-state index is 10.4. The van der Waals surface area contributed by atoms with E-state index >= 15 is 0 Å². The molecule has 12 heavy (non-hydrogen) atoms. The molecule has 1 aromatic carbocycles. The molecule has 0 aliphatic heterocycles. The minimum Gasteiger partial charge on any atom is -0.506 e. The summed E-state index contributed by atoms with van der Waals surface area (Å²) in [6, 6.07) is 5.17. The van der Waals surface area contributed by atoms with Gasteiger partial charge in [-0.3, -0.25) is 4.55 Å². The Kier molecular flexibility index (Phi) is 4.93. The predicted octanol–water partition coefficient (Wildman–Crippen LogP) is 0.258. The number of para-hydroxylation sites is 1. The van der Waals surface area contributed by atoms with Gasteiger partial charge >= 0.3 is 0 Å². The van der Waals surface area contributed by atoms with Crippen LogP contribution in [0.15, 0.2) is 29.2 Å². The molecule has 4 nitrogen and oxygen atoms in total. The van der Waals surface area contributed by atoms with Gasteiger partial charge in [0.05, 0.1) is 0 Å². The van der Waals surface area contributed by atoms with Gasteiger partial charge in [-0.25, -0.2) is 0 Å². The molecule has 0 bridgehead atoms. The molecule has 1 aromatic rings. The largest absolute Gasteiger partial charge is 0.506 e. The van der Waals surface area contributed by atoms with Crippen LogP contribution < -0.4 is 0 Å². The van der Waals surface area contributed by atoms with Gasteiger partial charge < -0.3 is 5.11 Å². The van der Waals surface area contributed by atoms with E-state index in [0.717, 1.165) is 6.07 Å². The van der Waals surface area contributed by atoms with Crippen molar-refractivity contribution in [1.29, 1.82) is 0 Å². The van der Waals surface area contributed by atoms with Crippen molar-refractivity contribution in [3.8, 4) is 5.75 Å². The van der Waals surface area contributed by atoms with Crippen LogP contribution in [0.25, 0.3) is 0 Å². The SMILES string of the molecule is O=S(=O)(O)c1ccccc1O.[K]. The van der Waals surface area contributed by atoms with Gasteiger partial charge in [0.15, 0.2) is 0 Å². The average molecular weight is 213 g/mol. The maximum Gasteiger partial charge on any atom is 0.298 e. The molecule has 0 amide bonds. The van der Waals surface area contributed by atoms with Gasteiger partial charge in [-0.1, -0.05) is 12.1 Å². The summed E-state index contributed by atoms with van der Waals surface area (Å²) in [6.07, 6.45) is 0. The van der Waals surface area contributed by atoms with E-state index in [4.69, 9.17) is 9.66 Å². The van der Waals surface area contributed by atoms with Crippen LogP contribution in [-0.4, -0.2) is 69.5 Å². The normalized spacial score (nSPS) is 10.4. The molecule has 0 atom stereocenters. The predicted molar refractivity (Wildman–Crippen MR) is 43.7 cm³/mol. The van der Waals surface area contributed by atoms with Crippen molar-refractivity contribution in [3.05, 3.63) is 24.3 Å².